The molecule has 0 radical (unpaired) electrons. The van der Waals surface area contributed by atoms with E-state index in [1.165, 1.54) is 17.9 Å². The van der Waals surface area contributed by atoms with E-state index in [2.05, 4.69) is 4.98 Å². The standard InChI is InChI=1S/C11H10N2O5S/c1-18-9-4-13(3-6-5-19-11(17)12-6)7(10(15)16)2-8(9)14/h2,4-5H,3H2,1H3,(H,12,17)(H,15,16). The molecule has 0 aliphatic rings. The summed E-state index contributed by atoms with van der Waals surface area (Å²) in [7, 11) is 1.33. The summed E-state index contributed by atoms with van der Waals surface area (Å²) in [6, 6.07) is 0.992. The van der Waals surface area contributed by atoms with Gasteiger partial charge in [0.2, 0.25) is 5.43 Å². The number of nitrogens with zero attached hydrogens (tertiary/aromatic N) is 1. The summed E-state index contributed by atoms with van der Waals surface area (Å²) in [6.07, 6.45) is 1.31. The molecular weight excluding hydrogens is 272 g/mol. The highest BCUT2D eigenvalue weighted by molar-refractivity contribution is 7.07. The predicted molar refractivity (Wildman–Crippen MR) is 68.3 cm³/mol. The van der Waals surface area contributed by atoms with Crippen LogP contribution in [0.4, 0.5) is 0 Å². The third-order valence-corrected chi connectivity index (χ3v) is 3.16. The number of thiazole rings is 1. The summed E-state index contributed by atoms with van der Waals surface area (Å²) >= 11 is 0.986. The highest BCUT2D eigenvalue weighted by atomic mass is 32.1. The Morgan fingerprint density at radius 2 is 2.26 bits per heavy atom. The SMILES string of the molecule is COc1cn(Cc2csc(=O)[nH]2)c(C(=O)O)cc1=O. The molecule has 100 valence electrons. The molecular formula is C11H10N2O5S. The first kappa shape index (κ1) is 13.1. The molecule has 0 bridgehead atoms. The number of carbonyl (C=O) groups is 1. The Labute approximate surface area is 110 Å². The van der Waals surface area contributed by atoms with Crippen LogP contribution in [0.1, 0.15) is 16.2 Å². The van der Waals surface area contributed by atoms with Crippen LogP contribution in [-0.4, -0.2) is 27.7 Å². The molecule has 8 heteroatoms. The van der Waals surface area contributed by atoms with Gasteiger partial charge in [0.15, 0.2) is 5.75 Å². The van der Waals surface area contributed by atoms with Crippen LogP contribution in [0.3, 0.4) is 0 Å². The Bertz CT molecular complexity index is 727. The number of ether oxygens (including phenoxy) is 1. The molecule has 0 spiro atoms. The third-order valence-electron chi connectivity index (χ3n) is 2.44. The average Bonchev–Trinajstić information content (AvgIpc) is 2.76. The zero-order valence-electron chi connectivity index (χ0n) is 9.87. The lowest BCUT2D eigenvalue weighted by Crippen LogP contribution is -2.18. The van der Waals surface area contributed by atoms with Crippen LogP contribution < -0.4 is 15.0 Å². The van der Waals surface area contributed by atoms with Gasteiger partial charge >= 0.3 is 10.8 Å². The van der Waals surface area contributed by atoms with Gasteiger partial charge in [0.05, 0.1) is 19.9 Å². The summed E-state index contributed by atoms with van der Waals surface area (Å²) in [5, 5.41) is 10.7. The lowest BCUT2D eigenvalue weighted by Gasteiger charge is -2.10. The van der Waals surface area contributed by atoms with Crippen molar-refractivity contribution in [2.24, 2.45) is 0 Å². The van der Waals surface area contributed by atoms with E-state index in [9.17, 15) is 14.4 Å². The van der Waals surface area contributed by atoms with E-state index >= 15 is 0 Å². The van der Waals surface area contributed by atoms with Crippen molar-refractivity contribution in [2.45, 2.75) is 6.54 Å². The second-order valence-electron chi connectivity index (χ2n) is 3.70. The zero-order valence-corrected chi connectivity index (χ0v) is 10.7. The van der Waals surface area contributed by atoms with Crippen LogP contribution in [0.5, 0.6) is 5.75 Å². The normalized spacial score (nSPS) is 10.4. The van der Waals surface area contributed by atoms with E-state index < -0.39 is 11.4 Å². The second kappa shape index (κ2) is 5.11. The van der Waals surface area contributed by atoms with Crippen LogP contribution in [0.2, 0.25) is 0 Å². The van der Waals surface area contributed by atoms with Gasteiger partial charge in [0, 0.05) is 17.1 Å². The number of aromatic nitrogens is 2. The van der Waals surface area contributed by atoms with Crippen molar-refractivity contribution in [3.63, 3.8) is 0 Å². The van der Waals surface area contributed by atoms with Gasteiger partial charge in [-0.3, -0.25) is 9.59 Å². The Kier molecular flexibility index (Phi) is 3.52. The number of H-pyrrole nitrogens is 1. The average molecular weight is 282 g/mol. The van der Waals surface area contributed by atoms with E-state index in [1.54, 1.807) is 5.38 Å². The molecule has 2 heterocycles. The van der Waals surface area contributed by atoms with E-state index in [-0.39, 0.29) is 22.9 Å². The molecule has 0 saturated carbocycles. The van der Waals surface area contributed by atoms with Gasteiger partial charge < -0.3 is 19.4 Å². The van der Waals surface area contributed by atoms with Crippen molar-refractivity contribution in [2.75, 3.05) is 7.11 Å². The summed E-state index contributed by atoms with van der Waals surface area (Å²) in [4.78, 5) is 36.0. The fourth-order valence-electron chi connectivity index (χ4n) is 1.60. The summed E-state index contributed by atoms with van der Waals surface area (Å²) in [5.74, 6) is -1.18. The van der Waals surface area contributed by atoms with Crippen LogP contribution in [0, 0.1) is 0 Å². The second-order valence-corrected chi connectivity index (χ2v) is 4.54. The van der Waals surface area contributed by atoms with Crippen molar-refractivity contribution in [3.8, 4) is 5.75 Å². The molecule has 0 unspecified atom stereocenters. The Morgan fingerprint density at radius 3 is 2.79 bits per heavy atom. The van der Waals surface area contributed by atoms with Crippen LogP contribution in [0.25, 0.3) is 0 Å². The number of rotatable bonds is 4. The molecule has 2 rings (SSSR count). The number of pyridine rings is 1. The Hall–Kier alpha value is -2.35. The van der Waals surface area contributed by atoms with E-state index in [0.29, 0.717) is 5.69 Å². The van der Waals surface area contributed by atoms with Gasteiger partial charge in [-0.05, 0) is 0 Å². The van der Waals surface area contributed by atoms with Gasteiger partial charge in [-0.25, -0.2) is 4.79 Å². The van der Waals surface area contributed by atoms with E-state index in [0.717, 1.165) is 17.4 Å². The highest BCUT2D eigenvalue weighted by Gasteiger charge is 2.13. The maximum Gasteiger partial charge on any atom is 0.352 e. The third kappa shape index (κ3) is 2.74. The summed E-state index contributed by atoms with van der Waals surface area (Å²) < 4.78 is 6.20. The molecule has 7 nitrogen and oxygen atoms in total. The topological polar surface area (TPSA) is 101 Å². The first-order valence-electron chi connectivity index (χ1n) is 5.19. The lowest BCUT2D eigenvalue weighted by atomic mass is 10.3. The molecule has 0 atom stereocenters. The van der Waals surface area contributed by atoms with Crippen molar-refractivity contribution in [1.82, 2.24) is 9.55 Å². The summed E-state index contributed by atoms with van der Waals surface area (Å²) in [5.41, 5.74) is -0.115. The maximum atomic E-state index is 11.5. The molecule has 0 amide bonds. The number of methoxy groups -OCH3 is 1. The fraction of sp³-hybridized carbons (Fsp3) is 0.182. The highest BCUT2D eigenvalue weighted by Crippen LogP contribution is 2.09. The molecule has 2 aromatic rings. The van der Waals surface area contributed by atoms with Gasteiger partial charge in [0.1, 0.15) is 5.69 Å². The lowest BCUT2D eigenvalue weighted by molar-refractivity contribution is 0.0684. The molecule has 0 aliphatic carbocycles. The van der Waals surface area contributed by atoms with Crippen molar-refractivity contribution < 1.29 is 14.6 Å². The smallest absolute Gasteiger partial charge is 0.352 e. The predicted octanol–water partition coefficient (Wildman–Crippen LogP) is 0.353. The van der Waals surface area contributed by atoms with Crippen LogP contribution >= 0.6 is 11.3 Å². The monoisotopic (exact) mass is 282 g/mol. The Morgan fingerprint density at radius 1 is 1.53 bits per heavy atom. The molecule has 2 N–H and O–H groups in total. The fourth-order valence-corrected chi connectivity index (χ4v) is 2.17. The zero-order chi connectivity index (χ0) is 14.0. The minimum absolute atomic E-state index is 0.0441. The van der Waals surface area contributed by atoms with Gasteiger partial charge in [-0.1, -0.05) is 11.3 Å². The molecule has 0 aromatic carbocycles. The van der Waals surface area contributed by atoms with Crippen molar-refractivity contribution >= 4 is 17.3 Å². The minimum atomic E-state index is -1.22. The molecule has 19 heavy (non-hydrogen) atoms. The molecule has 2 aromatic heterocycles. The number of carboxylic acids is 1. The van der Waals surface area contributed by atoms with Crippen molar-refractivity contribution in [3.05, 3.63) is 48.9 Å². The quantitative estimate of drug-likeness (QED) is 0.842. The number of hydrogen-bond acceptors (Lipinski definition) is 5. The first-order valence-corrected chi connectivity index (χ1v) is 6.07. The maximum absolute atomic E-state index is 11.5. The molecule has 0 saturated heterocycles. The van der Waals surface area contributed by atoms with E-state index in [4.69, 9.17) is 9.84 Å². The number of hydrogen-bond donors (Lipinski definition) is 2. The number of aromatic carboxylic acids is 1. The minimum Gasteiger partial charge on any atom is -0.491 e. The van der Waals surface area contributed by atoms with Gasteiger partial charge in [-0.2, -0.15) is 0 Å². The van der Waals surface area contributed by atoms with Crippen molar-refractivity contribution in [1.29, 1.82) is 0 Å². The number of carboxylic acid groups (broad SMARTS) is 1. The number of nitrogens with one attached hydrogen (secondary N) is 1. The van der Waals surface area contributed by atoms with Crippen LogP contribution in [0.15, 0.2) is 27.2 Å². The summed E-state index contributed by atoms with van der Waals surface area (Å²) in [6.45, 7) is 0.136. The molecule has 0 aliphatic heterocycles. The largest absolute Gasteiger partial charge is 0.491 e. The van der Waals surface area contributed by atoms with Gasteiger partial charge in [0.25, 0.3) is 0 Å². The van der Waals surface area contributed by atoms with Crippen LogP contribution in [-0.2, 0) is 6.54 Å². The van der Waals surface area contributed by atoms with E-state index in [1.807, 2.05) is 0 Å². The Balaban J connectivity index is 2.50. The molecule has 0 fully saturated rings. The van der Waals surface area contributed by atoms with Gasteiger partial charge in [-0.15, -0.1) is 0 Å². The number of aromatic amines is 1. The first-order chi connectivity index (χ1) is 9.01.